The molecular formula is C13H7Li3O2. The maximum Gasteiger partial charge on any atom is 1.00 e. The summed E-state index contributed by atoms with van der Waals surface area (Å²) in [5.74, 6) is -2.40. The topological polar surface area (TPSA) is 46.1 Å². The summed E-state index contributed by atoms with van der Waals surface area (Å²) in [6.07, 6.45) is 0. The average Bonchev–Trinajstić information content (AvgIpc) is 2.51. The Morgan fingerprint density at radius 2 is 1.44 bits per heavy atom. The van der Waals surface area contributed by atoms with Gasteiger partial charge in [-0.25, -0.2) is 0 Å². The monoisotopic (exact) mass is 216 g/mol. The molecule has 5 heteroatoms. The SMILES string of the molecule is [Li+].[Li+].[Li+].[O-]C1([O-])c2[c-]cccc2-c2ccccc21. The van der Waals surface area contributed by atoms with Crippen molar-refractivity contribution in [2.45, 2.75) is 5.79 Å². The van der Waals surface area contributed by atoms with E-state index in [1.54, 1.807) is 36.4 Å². The summed E-state index contributed by atoms with van der Waals surface area (Å²) in [4.78, 5) is 0. The fourth-order valence-corrected chi connectivity index (χ4v) is 2.07. The van der Waals surface area contributed by atoms with Crippen LogP contribution in [-0.4, -0.2) is 0 Å². The fourth-order valence-electron chi connectivity index (χ4n) is 2.07. The van der Waals surface area contributed by atoms with Crippen molar-refractivity contribution in [2.24, 2.45) is 0 Å². The van der Waals surface area contributed by atoms with Gasteiger partial charge >= 0.3 is 56.6 Å². The quantitative estimate of drug-likeness (QED) is 0.249. The minimum absolute atomic E-state index is 0. The zero-order valence-corrected chi connectivity index (χ0v) is 10.9. The van der Waals surface area contributed by atoms with Gasteiger partial charge in [-0.2, -0.15) is 35.6 Å². The molecule has 74 valence electrons. The Morgan fingerprint density at radius 1 is 0.833 bits per heavy atom. The van der Waals surface area contributed by atoms with E-state index in [0.29, 0.717) is 5.56 Å². The van der Waals surface area contributed by atoms with Gasteiger partial charge < -0.3 is 10.2 Å². The van der Waals surface area contributed by atoms with Gasteiger partial charge in [0.05, 0.1) is 0 Å². The Kier molecular flexibility index (Phi) is 6.60. The molecule has 0 bridgehead atoms. The summed E-state index contributed by atoms with van der Waals surface area (Å²) < 4.78 is 0. The summed E-state index contributed by atoms with van der Waals surface area (Å²) >= 11 is 0. The first-order chi connectivity index (χ1) is 7.21. The van der Waals surface area contributed by atoms with E-state index in [1.807, 2.05) is 6.07 Å². The smallest absolute Gasteiger partial charge is 0.858 e. The van der Waals surface area contributed by atoms with Gasteiger partial charge in [0, 0.05) is 0 Å². The van der Waals surface area contributed by atoms with Gasteiger partial charge in [0.2, 0.25) is 0 Å². The number of hydrogen-bond acceptors (Lipinski definition) is 2. The fraction of sp³-hybridized carbons (Fsp3) is 0.0769. The molecule has 1 aliphatic carbocycles. The van der Waals surface area contributed by atoms with Crippen LogP contribution >= 0.6 is 0 Å². The third-order valence-electron chi connectivity index (χ3n) is 2.76. The van der Waals surface area contributed by atoms with Crippen molar-refractivity contribution in [2.75, 3.05) is 0 Å². The van der Waals surface area contributed by atoms with Crippen molar-refractivity contribution in [3.05, 3.63) is 59.7 Å². The molecule has 0 amide bonds. The van der Waals surface area contributed by atoms with Crippen molar-refractivity contribution < 1.29 is 66.8 Å². The number of rotatable bonds is 0. The Balaban J connectivity index is 0.000000963. The molecule has 0 unspecified atom stereocenters. The molecule has 3 rings (SSSR count). The zero-order chi connectivity index (χ0) is 10.5. The van der Waals surface area contributed by atoms with Gasteiger partial charge in [0.25, 0.3) is 0 Å². The van der Waals surface area contributed by atoms with Gasteiger partial charge in [0.1, 0.15) is 0 Å². The van der Waals surface area contributed by atoms with Gasteiger partial charge in [-0.1, -0.05) is 35.4 Å². The summed E-state index contributed by atoms with van der Waals surface area (Å²) in [7, 11) is 0. The van der Waals surface area contributed by atoms with Crippen LogP contribution in [0.4, 0.5) is 0 Å². The number of benzene rings is 2. The van der Waals surface area contributed by atoms with Crippen LogP contribution in [0.1, 0.15) is 11.1 Å². The molecule has 18 heavy (non-hydrogen) atoms. The summed E-state index contributed by atoms with van der Waals surface area (Å²) in [5.41, 5.74) is 1.99. The molecule has 0 N–H and O–H groups in total. The first-order valence-electron chi connectivity index (χ1n) is 4.73. The van der Waals surface area contributed by atoms with E-state index in [1.165, 1.54) is 0 Å². The van der Waals surface area contributed by atoms with E-state index in [-0.39, 0.29) is 62.1 Å². The Labute approximate surface area is 142 Å². The van der Waals surface area contributed by atoms with E-state index in [4.69, 9.17) is 0 Å². The van der Waals surface area contributed by atoms with Crippen LogP contribution in [0.3, 0.4) is 0 Å². The largest absolute Gasteiger partial charge is 1.00 e. The van der Waals surface area contributed by atoms with Crippen molar-refractivity contribution in [3.63, 3.8) is 0 Å². The van der Waals surface area contributed by atoms with Crippen molar-refractivity contribution >= 4 is 0 Å². The summed E-state index contributed by atoms with van der Waals surface area (Å²) in [6, 6.07) is 14.9. The van der Waals surface area contributed by atoms with Crippen LogP contribution in [0.25, 0.3) is 11.1 Å². The van der Waals surface area contributed by atoms with Crippen molar-refractivity contribution in [3.8, 4) is 11.1 Å². The molecule has 0 saturated heterocycles. The molecule has 0 atom stereocenters. The Morgan fingerprint density at radius 3 is 2.17 bits per heavy atom. The molecule has 2 aromatic rings. The zero-order valence-electron chi connectivity index (χ0n) is 10.9. The first-order valence-corrected chi connectivity index (χ1v) is 4.73. The molecule has 0 saturated carbocycles. The molecule has 0 fully saturated rings. The van der Waals surface area contributed by atoms with Crippen LogP contribution < -0.4 is 66.8 Å². The molecule has 1 aliphatic rings. The molecular weight excluding hydrogens is 209 g/mol. The predicted molar refractivity (Wildman–Crippen MR) is 51.5 cm³/mol. The standard InChI is InChI=1S/C13H7O2.3Li/c14-13(15)11-7-3-1-5-9(11)10-6-2-4-8-12(10)13;;;/h1-7H;;;/q-3;3*+1. The molecule has 0 heterocycles. The van der Waals surface area contributed by atoms with Crippen molar-refractivity contribution in [1.29, 1.82) is 0 Å². The molecule has 2 aromatic carbocycles. The van der Waals surface area contributed by atoms with Gasteiger partial charge in [0.15, 0.2) is 0 Å². The number of fused-ring (bicyclic) bond motifs is 3. The van der Waals surface area contributed by atoms with Gasteiger partial charge in [-0.15, -0.1) is 5.56 Å². The third kappa shape index (κ3) is 2.55. The first kappa shape index (κ1) is 18.2. The van der Waals surface area contributed by atoms with Crippen LogP contribution in [0.2, 0.25) is 0 Å². The van der Waals surface area contributed by atoms with Crippen LogP contribution in [-0.2, 0) is 5.79 Å². The molecule has 0 spiro atoms. The van der Waals surface area contributed by atoms with E-state index < -0.39 is 5.79 Å². The number of hydrogen-bond donors (Lipinski definition) is 0. The minimum atomic E-state index is -2.40. The van der Waals surface area contributed by atoms with Crippen molar-refractivity contribution in [1.82, 2.24) is 0 Å². The van der Waals surface area contributed by atoms with Crippen LogP contribution in [0.15, 0.2) is 42.5 Å². The maximum absolute atomic E-state index is 12.0. The van der Waals surface area contributed by atoms with Crippen LogP contribution in [0, 0.1) is 6.07 Å². The normalized spacial score (nSPS) is 13.2. The second kappa shape index (κ2) is 6.54. The second-order valence-corrected chi connectivity index (χ2v) is 3.62. The Bertz CT molecular complexity index is 494. The van der Waals surface area contributed by atoms with E-state index in [2.05, 4.69) is 6.07 Å². The predicted octanol–water partition coefficient (Wildman–Crippen LogP) is -8.60. The second-order valence-electron chi connectivity index (χ2n) is 3.62. The minimum Gasteiger partial charge on any atom is -0.858 e. The Hall–Kier alpha value is 0.152. The summed E-state index contributed by atoms with van der Waals surface area (Å²) in [5, 5.41) is 23.9. The third-order valence-corrected chi connectivity index (χ3v) is 2.76. The average molecular weight is 216 g/mol. The van der Waals surface area contributed by atoms with Gasteiger partial charge in [-0.3, -0.25) is 0 Å². The van der Waals surface area contributed by atoms with E-state index >= 15 is 0 Å². The molecule has 0 aliphatic heterocycles. The maximum atomic E-state index is 12.0. The molecule has 2 nitrogen and oxygen atoms in total. The molecule has 0 radical (unpaired) electrons. The summed E-state index contributed by atoms with van der Waals surface area (Å²) in [6.45, 7) is 0. The van der Waals surface area contributed by atoms with Crippen LogP contribution in [0.5, 0.6) is 0 Å². The van der Waals surface area contributed by atoms with Gasteiger partial charge in [-0.05, 0) is 0 Å². The molecule has 0 aromatic heterocycles. The van der Waals surface area contributed by atoms with E-state index in [0.717, 1.165) is 11.1 Å². The van der Waals surface area contributed by atoms with E-state index in [9.17, 15) is 10.2 Å².